The van der Waals surface area contributed by atoms with Crippen molar-refractivity contribution in [3.8, 4) is 22.6 Å². The van der Waals surface area contributed by atoms with E-state index in [-0.39, 0.29) is 12.0 Å². The molecule has 1 atom stereocenters. The van der Waals surface area contributed by atoms with Crippen molar-refractivity contribution in [3.05, 3.63) is 121 Å². The Labute approximate surface area is 246 Å². The first-order chi connectivity index (χ1) is 20.4. The van der Waals surface area contributed by atoms with Gasteiger partial charge in [0.05, 0.1) is 18.4 Å². The van der Waals surface area contributed by atoms with E-state index in [9.17, 15) is 4.79 Å². The zero-order chi connectivity index (χ0) is 29.5. The maximum absolute atomic E-state index is 14.1. The minimum atomic E-state index is -0.847. The second kappa shape index (κ2) is 13.2. The monoisotopic (exact) mass is 560 g/mol. The number of amides is 1. The highest BCUT2D eigenvalue weighted by Gasteiger charge is 2.28. The number of carbonyl (C=O) groups excluding carboxylic acids is 1. The molecule has 0 saturated heterocycles. The van der Waals surface area contributed by atoms with Crippen molar-refractivity contribution < 1.29 is 14.3 Å². The maximum atomic E-state index is 14.1. The van der Waals surface area contributed by atoms with Crippen LogP contribution >= 0.6 is 0 Å². The molecular formula is C35H36N4O3. The molecule has 1 aromatic heterocycles. The van der Waals surface area contributed by atoms with Crippen molar-refractivity contribution in [2.24, 2.45) is 5.84 Å². The van der Waals surface area contributed by atoms with Gasteiger partial charge in [0.25, 0.3) is 0 Å². The van der Waals surface area contributed by atoms with E-state index in [1.165, 1.54) is 5.01 Å². The first kappa shape index (κ1) is 28.6. The van der Waals surface area contributed by atoms with Gasteiger partial charge in [-0.15, -0.1) is 0 Å². The van der Waals surface area contributed by atoms with Gasteiger partial charge in [0.2, 0.25) is 5.91 Å². The van der Waals surface area contributed by atoms with Crippen LogP contribution in [0, 0.1) is 0 Å². The lowest BCUT2D eigenvalue weighted by Crippen LogP contribution is -2.44. The molecule has 0 bridgehead atoms. The van der Waals surface area contributed by atoms with E-state index in [2.05, 4.69) is 28.5 Å². The molecule has 1 unspecified atom stereocenters. The lowest BCUT2D eigenvalue weighted by Gasteiger charge is -2.30. The van der Waals surface area contributed by atoms with Crippen LogP contribution in [0.5, 0.6) is 11.5 Å². The highest BCUT2D eigenvalue weighted by Crippen LogP contribution is 2.35. The Morgan fingerprint density at radius 2 is 1.69 bits per heavy atom. The van der Waals surface area contributed by atoms with Crippen LogP contribution in [0.25, 0.3) is 21.9 Å². The summed E-state index contributed by atoms with van der Waals surface area (Å²) in [4.78, 5) is 18.3. The Balaban J connectivity index is 1.50. The van der Waals surface area contributed by atoms with E-state index in [4.69, 9.17) is 15.3 Å². The van der Waals surface area contributed by atoms with Gasteiger partial charge in [0.1, 0.15) is 6.04 Å². The number of pyridine rings is 1. The van der Waals surface area contributed by atoms with Gasteiger partial charge in [-0.1, -0.05) is 66.7 Å². The van der Waals surface area contributed by atoms with Crippen molar-refractivity contribution in [2.75, 3.05) is 11.6 Å². The number of benzene rings is 4. The number of fused-ring (bicyclic) bond motifs is 1. The van der Waals surface area contributed by atoms with Crippen LogP contribution in [-0.4, -0.2) is 23.6 Å². The van der Waals surface area contributed by atoms with Gasteiger partial charge in [0.15, 0.2) is 11.5 Å². The molecule has 4 aromatic carbocycles. The Morgan fingerprint density at radius 1 is 0.905 bits per heavy atom. The first-order valence-corrected chi connectivity index (χ1v) is 14.2. The maximum Gasteiger partial charge on any atom is 0.249 e. The van der Waals surface area contributed by atoms with Crippen LogP contribution in [0.3, 0.4) is 0 Å². The standard InChI is InChI=1S/C35H36N4O3/c1-4-41-33-21-27(15-17-32(33)42-24(2)3)34(39(36)30-16-14-28-22-37-19-18-26(28)20-30)35(40)38-23-29-12-8-9-13-31(29)25-10-6-5-7-11-25/h5-22,24,34H,4,23,36H2,1-3H3,(H,38,40). The molecule has 0 aliphatic heterocycles. The predicted molar refractivity (Wildman–Crippen MR) is 168 cm³/mol. The molecular weight excluding hydrogens is 524 g/mol. The zero-order valence-corrected chi connectivity index (χ0v) is 24.2. The number of nitrogens with two attached hydrogens (primary N) is 1. The average Bonchev–Trinajstić information content (AvgIpc) is 3.01. The second-order valence-electron chi connectivity index (χ2n) is 10.3. The molecule has 1 amide bonds. The minimum Gasteiger partial charge on any atom is -0.490 e. The van der Waals surface area contributed by atoms with Crippen molar-refractivity contribution >= 4 is 22.4 Å². The Morgan fingerprint density at radius 3 is 2.48 bits per heavy atom. The molecule has 0 fully saturated rings. The number of nitrogens with one attached hydrogen (secondary N) is 1. The Hall–Kier alpha value is -4.88. The summed E-state index contributed by atoms with van der Waals surface area (Å²) < 4.78 is 11.9. The van der Waals surface area contributed by atoms with Gasteiger partial charge >= 0.3 is 0 Å². The summed E-state index contributed by atoms with van der Waals surface area (Å²) >= 11 is 0. The lowest BCUT2D eigenvalue weighted by molar-refractivity contribution is -0.122. The summed E-state index contributed by atoms with van der Waals surface area (Å²) in [5.41, 5.74) is 4.54. The van der Waals surface area contributed by atoms with Crippen molar-refractivity contribution in [1.82, 2.24) is 10.3 Å². The van der Waals surface area contributed by atoms with Crippen LogP contribution in [0.2, 0.25) is 0 Å². The molecule has 0 radical (unpaired) electrons. The van der Waals surface area contributed by atoms with E-state index in [0.29, 0.717) is 35.9 Å². The van der Waals surface area contributed by atoms with Crippen LogP contribution in [0.4, 0.5) is 5.69 Å². The summed E-state index contributed by atoms with van der Waals surface area (Å²) in [6, 6.07) is 30.7. The number of ether oxygens (including phenoxy) is 2. The molecule has 214 valence electrons. The zero-order valence-electron chi connectivity index (χ0n) is 24.2. The van der Waals surface area contributed by atoms with E-state index >= 15 is 0 Å². The predicted octanol–water partition coefficient (Wildman–Crippen LogP) is 6.83. The normalized spacial score (nSPS) is 11.7. The fraction of sp³-hybridized carbons (Fsp3) is 0.200. The van der Waals surface area contributed by atoms with Crippen LogP contribution in [0.15, 0.2) is 109 Å². The number of rotatable bonds is 11. The van der Waals surface area contributed by atoms with Crippen LogP contribution < -0.4 is 25.6 Å². The number of aromatic nitrogens is 1. The van der Waals surface area contributed by atoms with Crippen molar-refractivity contribution in [3.63, 3.8) is 0 Å². The van der Waals surface area contributed by atoms with Gasteiger partial charge in [-0.25, -0.2) is 5.84 Å². The third-order valence-corrected chi connectivity index (χ3v) is 6.95. The molecule has 0 aliphatic rings. The van der Waals surface area contributed by atoms with E-state index in [1.807, 2.05) is 99.6 Å². The average molecular weight is 561 g/mol. The molecule has 7 nitrogen and oxygen atoms in total. The summed E-state index contributed by atoms with van der Waals surface area (Å²) in [5.74, 6) is 7.72. The fourth-order valence-electron chi connectivity index (χ4n) is 4.99. The van der Waals surface area contributed by atoms with Crippen molar-refractivity contribution in [2.45, 2.75) is 39.5 Å². The molecule has 5 rings (SSSR count). The SMILES string of the molecule is CCOc1cc(C(C(=O)NCc2ccccc2-c2ccccc2)N(N)c2ccc3cnccc3c2)ccc1OC(C)C. The van der Waals surface area contributed by atoms with Gasteiger partial charge in [-0.2, -0.15) is 0 Å². The smallest absolute Gasteiger partial charge is 0.249 e. The Bertz CT molecular complexity index is 1660. The van der Waals surface area contributed by atoms with Gasteiger partial charge in [-0.05, 0) is 78.7 Å². The van der Waals surface area contributed by atoms with Gasteiger partial charge < -0.3 is 14.8 Å². The van der Waals surface area contributed by atoms with Crippen LogP contribution in [-0.2, 0) is 11.3 Å². The van der Waals surface area contributed by atoms with Crippen LogP contribution in [0.1, 0.15) is 37.9 Å². The quantitative estimate of drug-likeness (QED) is 0.136. The largest absolute Gasteiger partial charge is 0.490 e. The lowest BCUT2D eigenvalue weighted by atomic mass is 9.99. The van der Waals surface area contributed by atoms with Gasteiger partial charge in [0, 0.05) is 24.3 Å². The molecule has 7 heteroatoms. The number of carbonyl (C=O) groups is 1. The molecule has 0 saturated carbocycles. The third kappa shape index (κ3) is 6.53. The summed E-state index contributed by atoms with van der Waals surface area (Å²) in [7, 11) is 0. The topological polar surface area (TPSA) is 89.7 Å². The number of anilines is 1. The summed E-state index contributed by atoms with van der Waals surface area (Å²) in [5, 5.41) is 6.62. The van der Waals surface area contributed by atoms with Gasteiger partial charge in [-0.3, -0.25) is 14.8 Å². The molecule has 0 spiro atoms. The minimum absolute atomic E-state index is 0.0306. The molecule has 0 aliphatic carbocycles. The first-order valence-electron chi connectivity index (χ1n) is 14.2. The Kier molecular flexibility index (Phi) is 8.99. The van der Waals surface area contributed by atoms with Crippen molar-refractivity contribution in [1.29, 1.82) is 0 Å². The number of hydrogen-bond donors (Lipinski definition) is 2. The van der Waals surface area contributed by atoms with E-state index in [1.54, 1.807) is 12.4 Å². The highest BCUT2D eigenvalue weighted by atomic mass is 16.5. The molecule has 3 N–H and O–H groups in total. The summed E-state index contributed by atoms with van der Waals surface area (Å²) in [6.45, 7) is 6.63. The molecule has 42 heavy (non-hydrogen) atoms. The number of hydrogen-bond acceptors (Lipinski definition) is 6. The number of nitrogens with zero attached hydrogens (tertiary/aromatic N) is 2. The number of hydrazine groups is 1. The van der Waals surface area contributed by atoms with E-state index < -0.39 is 6.04 Å². The fourth-order valence-corrected chi connectivity index (χ4v) is 4.99. The third-order valence-electron chi connectivity index (χ3n) is 6.95. The molecule has 5 aromatic rings. The summed E-state index contributed by atoms with van der Waals surface area (Å²) in [6.07, 6.45) is 3.51. The highest BCUT2D eigenvalue weighted by molar-refractivity contribution is 5.89. The van der Waals surface area contributed by atoms with E-state index in [0.717, 1.165) is 27.5 Å². The molecule has 1 heterocycles. The second-order valence-corrected chi connectivity index (χ2v) is 10.3.